The van der Waals surface area contributed by atoms with Crippen molar-refractivity contribution in [2.45, 2.75) is 45.3 Å². The van der Waals surface area contributed by atoms with E-state index < -0.39 is 17.6 Å². The van der Waals surface area contributed by atoms with Crippen molar-refractivity contribution in [1.82, 2.24) is 5.32 Å². The Labute approximate surface area is 137 Å². The van der Waals surface area contributed by atoms with Crippen LogP contribution in [0, 0.1) is 16.0 Å². The minimum Gasteiger partial charge on any atom is -0.433 e. The highest BCUT2D eigenvalue weighted by molar-refractivity contribution is 5.91. The molecule has 1 saturated carbocycles. The number of halogens is 2. The molecule has 7 nitrogen and oxygen atoms in total. The number of rotatable bonds is 5. The second-order valence-corrected chi connectivity index (χ2v) is 5.78. The summed E-state index contributed by atoms with van der Waals surface area (Å²) < 4.78 is 29.2. The smallest absolute Gasteiger partial charge is 0.387 e. The van der Waals surface area contributed by atoms with E-state index in [9.17, 15) is 23.7 Å². The van der Waals surface area contributed by atoms with Gasteiger partial charge < -0.3 is 15.4 Å². The molecule has 2 amide bonds. The number of carbonyl (C=O) groups is 1. The van der Waals surface area contributed by atoms with Crippen LogP contribution in [0.1, 0.15) is 32.6 Å². The SMILES string of the molecule is CC1CCCCC1NC(=O)Nc1cc([N+](=O)[O-])ccc1OC(F)F. The minimum atomic E-state index is -3.10. The van der Waals surface area contributed by atoms with E-state index in [-0.39, 0.29) is 23.2 Å². The third-order valence-electron chi connectivity index (χ3n) is 4.07. The first-order chi connectivity index (χ1) is 11.4. The zero-order chi connectivity index (χ0) is 17.7. The number of carbonyl (C=O) groups excluding carboxylic acids is 1. The largest absolute Gasteiger partial charge is 0.433 e. The molecule has 1 aliphatic carbocycles. The number of nitrogens with one attached hydrogen (secondary N) is 2. The van der Waals surface area contributed by atoms with E-state index in [4.69, 9.17) is 0 Å². The molecule has 0 saturated heterocycles. The Morgan fingerprint density at radius 2 is 2.08 bits per heavy atom. The Balaban J connectivity index is 2.11. The molecule has 0 spiro atoms. The van der Waals surface area contributed by atoms with Crippen LogP contribution in [0.4, 0.5) is 25.0 Å². The van der Waals surface area contributed by atoms with Crippen LogP contribution in [-0.4, -0.2) is 23.6 Å². The number of anilines is 1. The Kier molecular flexibility index (Phi) is 5.88. The lowest BCUT2D eigenvalue weighted by atomic mass is 9.86. The number of nitro benzene ring substituents is 1. The molecule has 1 aromatic carbocycles. The molecule has 1 aliphatic rings. The minimum absolute atomic E-state index is 0.0167. The predicted molar refractivity (Wildman–Crippen MR) is 83.3 cm³/mol. The molecule has 2 N–H and O–H groups in total. The van der Waals surface area contributed by atoms with E-state index in [1.54, 1.807) is 0 Å². The lowest BCUT2D eigenvalue weighted by molar-refractivity contribution is -0.384. The van der Waals surface area contributed by atoms with Crippen molar-refractivity contribution in [3.63, 3.8) is 0 Å². The van der Waals surface area contributed by atoms with Gasteiger partial charge in [-0.25, -0.2) is 4.79 Å². The Morgan fingerprint density at radius 3 is 2.71 bits per heavy atom. The first-order valence-electron chi connectivity index (χ1n) is 7.67. The summed E-state index contributed by atoms with van der Waals surface area (Å²) in [7, 11) is 0. The Morgan fingerprint density at radius 1 is 1.38 bits per heavy atom. The predicted octanol–water partition coefficient (Wildman–Crippen LogP) is 3.90. The molecular weight excluding hydrogens is 324 g/mol. The highest BCUT2D eigenvalue weighted by Gasteiger charge is 2.24. The molecule has 24 heavy (non-hydrogen) atoms. The summed E-state index contributed by atoms with van der Waals surface area (Å²) in [5.74, 6) is -0.0196. The number of ether oxygens (including phenoxy) is 1. The van der Waals surface area contributed by atoms with Gasteiger partial charge in [0.1, 0.15) is 5.75 Å². The molecule has 1 fully saturated rings. The maximum Gasteiger partial charge on any atom is 0.387 e. The second-order valence-electron chi connectivity index (χ2n) is 5.78. The van der Waals surface area contributed by atoms with E-state index in [0.717, 1.165) is 43.9 Å². The van der Waals surface area contributed by atoms with Crippen LogP contribution in [0.15, 0.2) is 18.2 Å². The van der Waals surface area contributed by atoms with Crippen molar-refractivity contribution in [3.8, 4) is 5.75 Å². The van der Waals surface area contributed by atoms with Crippen molar-refractivity contribution in [1.29, 1.82) is 0 Å². The van der Waals surface area contributed by atoms with Crippen molar-refractivity contribution in [3.05, 3.63) is 28.3 Å². The number of benzene rings is 1. The molecule has 0 bridgehead atoms. The zero-order valence-electron chi connectivity index (χ0n) is 13.1. The quantitative estimate of drug-likeness (QED) is 0.626. The molecule has 0 heterocycles. The molecule has 0 aromatic heterocycles. The van der Waals surface area contributed by atoms with Gasteiger partial charge in [0.05, 0.1) is 10.6 Å². The average molecular weight is 343 g/mol. The molecule has 2 atom stereocenters. The summed E-state index contributed by atoms with van der Waals surface area (Å²) in [4.78, 5) is 22.2. The summed E-state index contributed by atoms with van der Waals surface area (Å²) in [6, 6.07) is 2.43. The highest BCUT2D eigenvalue weighted by Crippen LogP contribution is 2.30. The fraction of sp³-hybridized carbons (Fsp3) is 0.533. The summed E-state index contributed by atoms with van der Waals surface area (Å²) >= 11 is 0. The summed E-state index contributed by atoms with van der Waals surface area (Å²) in [5.41, 5.74) is -0.511. The molecule has 0 radical (unpaired) electrons. The van der Waals surface area contributed by atoms with Crippen molar-refractivity contribution >= 4 is 17.4 Å². The summed E-state index contributed by atoms with van der Waals surface area (Å²) in [6.07, 6.45) is 3.95. The van der Waals surface area contributed by atoms with Gasteiger partial charge in [0.2, 0.25) is 0 Å². The maximum absolute atomic E-state index is 12.4. The van der Waals surface area contributed by atoms with Crippen LogP contribution < -0.4 is 15.4 Å². The van der Waals surface area contributed by atoms with Gasteiger partial charge in [-0.3, -0.25) is 10.1 Å². The van der Waals surface area contributed by atoms with Gasteiger partial charge in [-0.05, 0) is 24.8 Å². The number of hydrogen-bond donors (Lipinski definition) is 2. The van der Waals surface area contributed by atoms with Gasteiger partial charge in [-0.15, -0.1) is 0 Å². The van der Waals surface area contributed by atoms with Gasteiger partial charge in [-0.2, -0.15) is 8.78 Å². The lowest BCUT2D eigenvalue weighted by Gasteiger charge is -2.29. The monoisotopic (exact) mass is 343 g/mol. The van der Waals surface area contributed by atoms with Gasteiger partial charge in [0.15, 0.2) is 0 Å². The van der Waals surface area contributed by atoms with Crippen LogP contribution in [-0.2, 0) is 0 Å². The van der Waals surface area contributed by atoms with Crippen LogP contribution in [0.5, 0.6) is 5.75 Å². The molecule has 132 valence electrons. The van der Waals surface area contributed by atoms with Crippen LogP contribution >= 0.6 is 0 Å². The van der Waals surface area contributed by atoms with Gasteiger partial charge in [0.25, 0.3) is 5.69 Å². The number of nitro groups is 1. The van der Waals surface area contributed by atoms with Gasteiger partial charge in [0, 0.05) is 18.2 Å². The number of hydrogen-bond acceptors (Lipinski definition) is 4. The average Bonchev–Trinajstić information content (AvgIpc) is 2.50. The standard InChI is InChI=1S/C15H19F2N3O4/c1-9-4-2-3-5-11(9)18-15(21)19-12-8-10(20(22)23)6-7-13(12)24-14(16)17/h6-9,11,14H,2-5H2,1H3,(H2,18,19,21). The Hall–Kier alpha value is -2.45. The van der Waals surface area contributed by atoms with Crippen molar-refractivity contribution in [2.75, 3.05) is 5.32 Å². The van der Waals surface area contributed by atoms with Crippen LogP contribution in [0.25, 0.3) is 0 Å². The van der Waals surface area contributed by atoms with E-state index in [0.29, 0.717) is 5.92 Å². The zero-order valence-corrected chi connectivity index (χ0v) is 13.1. The molecule has 2 unspecified atom stereocenters. The van der Waals surface area contributed by atoms with E-state index in [1.807, 2.05) is 6.92 Å². The number of alkyl halides is 2. The molecular formula is C15H19F2N3O4. The fourth-order valence-electron chi connectivity index (χ4n) is 2.79. The maximum atomic E-state index is 12.4. The first-order valence-corrected chi connectivity index (χ1v) is 7.67. The van der Waals surface area contributed by atoms with E-state index in [2.05, 4.69) is 15.4 Å². The normalized spacial score (nSPS) is 20.5. The highest BCUT2D eigenvalue weighted by atomic mass is 19.3. The van der Waals surface area contributed by atoms with Gasteiger partial charge in [-0.1, -0.05) is 19.8 Å². The summed E-state index contributed by atoms with van der Waals surface area (Å²) in [5, 5.41) is 16.0. The topological polar surface area (TPSA) is 93.5 Å². The van der Waals surface area contributed by atoms with Gasteiger partial charge >= 0.3 is 12.6 Å². The fourth-order valence-corrected chi connectivity index (χ4v) is 2.79. The van der Waals surface area contributed by atoms with E-state index >= 15 is 0 Å². The number of non-ortho nitro benzene ring substituents is 1. The molecule has 1 aromatic rings. The second kappa shape index (κ2) is 7.89. The van der Waals surface area contributed by atoms with E-state index in [1.165, 1.54) is 0 Å². The number of nitrogens with zero attached hydrogens (tertiary/aromatic N) is 1. The summed E-state index contributed by atoms with van der Waals surface area (Å²) in [6.45, 7) is -1.07. The third-order valence-corrected chi connectivity index (χ3v) is 4.07. The number of urea groups is 1. The van der Waals surface area contributed by atoms with Crippen molar-refractivity contribution in [2.24, 2.45) is 5.92 Å². The van der Waals surface area contributed by atoms with Crippen LogP contribution in [0.2, 0.25) is 0 Å². The molecule has 9 heteroatoms. The first kappa shape index (κ1) is 17.9. The molecule has 2 rings (SSSR count). The Bertz CT molecular complexity index is 612. The molecule has 0 aliphatic heterocycles. The van der Waals surface area contributed by atoms with Crippen molar-refractivity contribution < 1.29 is 23.2 Å². The number of amides is 2. The lowest BCUT2D eigenvalue weighted by Crippen LogP contribution is -2.43. The third kappa shape index (κ3) is 4.77. The van der Waals surface area contributed by atoms with Crippen LogP contribution in [0.3, 0.4) is 0 Å².